The van der Waals surface area contributed by atoms with Crippen LogP contribution in [-0.4, -0.2) is 6.54 Å². The Morgan fingerprint density at radius 1 is 1.38 bits per heavy atom. The molecule has 0 bridgehead atoms. The molecule has 1 atom stereocenters. The summed E-state index contributed by atoms with van der Waals surface area (Å²) in [5, 5.41) is 0. The van der Waals surface area contributed by atoms with Crippen LogP contribution >= 0.6 is 0 Å². The smallest absolute Gasteiger partial charge is 0.0833 e. The standard InChI is InChI=1S/C11H15NO/c12-7-3-6-11-10-5-2-1-4-9(10)8-13-11/h1-2,4-5,11H,3,6-8,12H2. The number of fused-ring (bicyclic) bond motifs is 1. The fourth-order valence-corrected chi connectivity index (χ4v) is 1.80. The maximum absolute atomic E-state index is 5.67. The van der Waals surface area contributed by atoms with Crippen molar-refractivity contribution in [3.63, 3.8) is 0 Å². The number of hydrogen-bond acceptors (Lipinski definition) is 2. The van der Waals surface area contributed by atoms with E-state index in [4.69, 9.17) is 10.5 Å². The van der Waals surface area contributed by atoms with E-state index in [2.05, 4.69) is 24.3 Å². The molecule has 1 aromatic rings. The maximum atomic E-state index is 5.67. The van der Waals surface area contributed by atoms with Crippen LogP contribution in [-0.2, 0) is 11.3 Å². The maximum Gasteiger partial charge on any atom is 0.0833 e. The quantitative estimate of drug-likeness (QED) is 0.766. The normalized spacial score (nSPS) is 20.2. The molecule has 70 valence electrons. The third-order valence-corrected chi connectivity index (χ3v) is 2.51. The van der Waals surface area contributed by atoms with Gasteiger partial charge in [0.25, 0.3) is 0 Å². The van der Waals surface area contributed by atoms with Crippen LogP contribution in [0, 0.1) is 0 Å². The molecule has 0 spiro atoms. The van der Waals surface area contributed by atoms with Crippen LogP contribution in [0.15, 0.2) is 24.3 Å². The largest absolute Gasteiger partial charge is 0.369 e. The van der Waals surface area contributed by atoms with Crippen LogP contribution in [0.5, 0.6) is 0 Å². The molecule has 1 aliphatic heterocycles. The molecule has 0 saturated heterocycles. The summed E-state index contributed by atoms with van der Waals surface area (Å²) in [6.45, 7) is 1.52. The van der Waals surface area contributed by atoms with Crippen LogP contribution in [0.2, 0.25) is 0 Å². The minimum Gasteiger partial charge on any atom is -0.369 e. The van der Waals surface area contributed by atoms with Crippen molar-refractivity contribution in [2.24, 2.45) is 5.73 Å². The first-order valence-corrected chi connectivity index (χ1v) is 4.81. The van der Waals surface area contributed by atoms with Crippen LogP contribution in [0.25, 0.3) is 0 Å². The van der Waals surface area contributed by atoms with E-state index in [-0.39, 0.29) is 0 Å². The molecule has 2 rings (SSSR count). The Hall–Kier alpha value is -0.860. The summed E-state index contributed by atoms with van der Waals surface area (Å²) in [5.41, 5.74) is 8.17. The van der Waals surface area contributed by atoms with Crippen molar-refractivity contribution in [2.45, 2.75) is 25.6 Å². The van der Waals surface area contributed by atoms with Gasteiger partial charge in [0.2, 0.25) is 0 Å². The molecule has 1 aliphatic rings. The summed E-state index contributed by atoms with van der Waals surface area (Å²) in [5.74, 6) is 0. The van der Waals surface area contributed by atoms with Crippen molar-refractivity contribution in [2.75, 3.05) is 6.54 Å². The van der Waals surface area contributed by atoms with Crippen molar-refractivity contribution < 1.29 is 4.74 Å². The van der Waals surface area contributed by atoms with E-state index in [0.29, 0.717) is 6.10 Å². The minimum absolute atomic E-state index is 0.291. The molecule has 0 aliphatic carbocycles. The predicted molar refractivity (Wildman–Crippen MR) is 52.3 cm³/mol. The molecular formula is C11H15NO. The SMILES string of the molecule is NCCCC1OCc2ccccc21. The zero-order valence-corrected chi connectivity index (χ0v) is 7.70. The second kappa shape index (κ2) is 3.90. The van der Waals surface area contributed by atoms with Gasteiger partial charge in [-0.05, 0) is 30.5 Å². The highest BCUT2D eigenvalue weighted by Gasteiger charge is 2.21. The number of ether oxygens (including phenoxy) is 1. The van der Waals surface area contributed by atoms with Crippen molar-refractivity contribution in [1.82, 2.24) is 0 Å². The third-order valence-electron chi connectivity index (χ3n) is 2.51. The lowest BCUT2D eigenvalue weighted by atomic mass is 10.0. The lowest BCUT2D eigenvalue weighted by Gasteiger charge is -2.09. The summed E-state index contributed by atoms with van der Waals surface area (Å²) >= 11 is 0. The van der Waals surface area contributed by atoms with Gasteiger partial charge >= 0.3 is 0 Å². The second-order valence-electron chi connectivity index (χ2n) is 3.43. The molecule has 0 aromatic heterocycles. The molecule has 0 radical (unpaired) electrons. The average molecular weight is 177 g/mol. The molecule has 2 N–H and O–H groups in total. The Morgan fingerprint density at radius 2 is 2.23 bits per heavy atom. The van der Waals surface area contributed by atoms with Crippen LogP contribution < -0.4 is 5.73 Å². The van der Waals surface area contributed by atoms with E-state index in [1.54, 1.807) is 0 Å². The van der Waals surface area contributed by atoms with Crippen molar-refractivity contribution in [1.29, 1.82) is 0 Å². The first kappa shape index (κ1) is 8.73. The molecule has 1 heterocycles. The zero-order chi connectivity index (χ0) is 9.10. The summed E-state index contributed by atoms with van der Waals surface area (Å²) in [7, 11) is 0. The first-order valence-electron chi connectivity index (χ1n) is 4.81. The van der Waals surface area contributed by atoms with E-state index in [9.17, 15) is 0 Å². The summed E-state index contributed by atoms with van der Waals surface area (Å²) in [6, 6.07) is 8.43. The van der Waals surface area contributed by atoms with Gasteiger partial charge in [-0.2, -0.15) is 0 Å². The molecule has 1 aromatic carbocycles. The predicted octanol–water partition coefficient (Wildman–Crippen LogP) is 2.00. The molecule has 0 saturated carbocycles. The fourth-order valence-electron chi connectivity index (χ4n) is 1.80. The van der Waals surface area contributed by atoms with Gasteiger partial charge in [-0.15, -0.1) is 0 Å². The molecule has 0 amide bonds. The Morgan fingerprint density at radius 3 is 3.08 bits per heavy atom. The number of nitrogens with two attached hydrogens (primary N) is 1. The summed E-state index contributed by atoms with van der Waals surface area (Å²) in [6.07, 6.45) is 2.38. The van der Waals surface area contributed by atoms with Crippen LogP contribution in [0.4, 0.5) is 0 Å². The van der Waals surface area contributed by atoms with E-state index in [1.165, 1.54) is 11.1 Å². The van der Waals surface area contributed by atoms with E-state index in [1.807, 2.05) is 0 Å². The zero-order valence-electron chi connectivity index (χ0n) is 7.70. The van der Waals surface area contributed by atoms with Gasteiger partial charge in [0, 0.05) is 0 Å². The molecule has 0 fully saturated rings. The van der Waals surface area contributed by atoms with Crippen molar-refractivity contribution >= 4 is 0 Å². The summed E-state index contributed by atoms with van der Waals surface area (Å²) < 4.78 is 5.67. The number of benzene rings is 1. The molecule has 2 nitrogen and oxygen atoms in total. The fraction of sp³-hybridized carbons (Fsp3) is 0.455. The van der Waals surface area contributed by atoms with Gasteiger partial charge in [-0.25, -0.2) is 0 Å². The highest BCUT2D eigenvalue weighted by Crippen LogP contribution is 2.33. The van der Waals surface area contributed by atoms with Gasteiger partial charge in [0.1, 0.15) is 0 Å². The Balaban J connectivity index is 2.09. The van der Waals surface area contributed by atoms with Crippen LogP contribution in [0.1, 0.15) is 30.1 Å². The lowest BCUT2D eigenvalue weighted by Crippen LogP contribution is -2.03. The number of hydrogen-bond donors (Lipinski definition) is 1. The average Bonchev–Trinajstić information content (AvgIpc) is 2.58. The topological polar surface area (TPSA) is 35.2 Å². The second-order valence-corrected chi connectivity index (χ2v) is 3.43. The van der Waals surface area contributed by atoms with Gasteiger partial charge in [0.15, 0.2) is 0 Å². The summed E-state index contributed by atoms with van der Waals surface area (Å²) in [4.78, 5) is 0. The number of rotatable bonds is 3. The van der Waals surface area contributed by atoms with Crippen molar-refractivity contribution in [3.8, 4) is 0 Å². The molecular weight excluding hydrogens is 162 g/mol. The van der Waals surface area contributed by atoms with Crippen molar-refractivity contribution in [3.05, 3.63) is 35.4 Å². The lowest BCUT2D eigenvalue weighted by molar-refractivity contribution is 0.0591. The molecule has 1 unspecified atom stereocenters. The van der Waals surface area contributed by atoms with E-state index >= 15 is 0 Å². The Bertz CT molecular complexity index is 285. The van der Waals surface area contributed by atoms with Gasteiger partial charge in [-0.1, -0.05) is 24.3 Å². The monoisotopic (exact) mass is 177 g/mol. The van der Waals surface area contributed by atoms with Crippen LogP contribution in [0.3, 0.4) is 0 Å². The molecule has 13 heavy (non-hydrogen) atoms. The Labute approximate surface area is 78.7 Å². The minimum atomic E-state index is 0.291. The van der Waals surface area contributed by atoms with E-state index < -0.39 is 0 Å². The Kier molecular flexibility index (Phi) is 2.62. The third kappa shape index (κ3) is 1.74. The molecule has 2 heteroatoms. The van der Waals surface area contributed by atoms with E-state index in [0.717, 1.165) is 26.0 Å². The first-order chi connectivity index (χ1) is 6.42. The van der Waals surface area contributed by atoms with Gasteiger partial charge in [-0.3, -0.25) is 0 Å². The highest BCUT2D eigenvalue weighted by atomic mass is 16.5. The van der Waals surface area contributed by atoms with Gasteiger partial charge in [0.05, 0.1) is 12.7 Å². The highest BCUT2D eigenvalue weighted by molar-refractivity contribution is 5.31. The van der Waals surface area contributed by atoms with Gasteiger partial charge < -0.3 is 10.5 Å².